The van der Waals surface area contributed by atoms with Gasteiger partial charge in [-0.3, -0.25) is 0 Å². The van der Waals surface area contributed by atoms with Crippen molar-refractivity contribution in [3.05, 3.63) is 35.4 Å². The van der Waals surface area contributed by atoms with Gasteiger partial charge in [-0.25, -0.2) is 0 Å². The lowest BCUT2D eigenvalue weighted by Crippen LogP contribution is -2.34. The monoisotopic (exact) mass is 245 g/mol. The van der Waals surface area contributed by atoms with Gasteiger partial charge in [-0.2, -0.15) is 0 Å². The van der Waals surface area contributed by atoms with Crippen LogP contribution in [0, 0.1) is 5.92 Å². The summed E-state index contributed by atoms with van der Waals surface area (Å²) in [6, 6.07) is 9.29. The van der Waals surface area contributed by atoms with Crippen molar-refractivity contribution in [1.29, 1.82) is 0 Å². The first kappa shape index (κ1) is 13.6. The highest BCUT2D eigenvalue weighted by molar-refractivity contribution is 5.29. The number of hydrogen-bond acceptors (Lipinski definition) is 1. The lowest BCUT2D eigenvalue weighted by Gasteiger charge is -2.29. The van der Waals surface area contributed by atoms with Crippen molar-refractivity contribution in [2.75, 3.05) is 0 Å². The van der Waals surface area contributed by atoms with Gasteiger partial charge in [0.2, 0.25) is 0 Å². The number of rotatable bonds is 6. The Morgan fingerprint density at radius 3 is 2.72 bits per heavy atom. The van der Waals surface area contributed by atoms with Crippen LogP contribution in [0.1, 0.15) is 56.6 Å². The molecule has 1 aromatic rings. The first-order chi connectivity index (χ1) is 8.81. The fourth-order valence-corrected chi connectivity index (χ4v) is 3.13. The topological polar surface area (TPSA) is 26.0 Å². The molecule has 0 fully saturated rings. The summed E-state index contributed by atoms with van der Waals surface area (Å²) in [5, 5.41) is 0. The van der Waals surface area contributed by atoms with E-state index in [0.29, 0.717) is 12.0 Å². The van der Waals surface area contributed by atoms with E-state index >= 15 is 0 Å². The summed E-state index contributed by atoms with van der Waals surface area (Å²) in [7, 11) is 0. The van der Waals surface area contributed by atoms with E-state index in [1.807, 2.05) is 0 Å². The van der Waals surface area contributed by atoms with Crippen molar-refractivity contribution in [3.8, 4) is 0 Å². The normalized spacial score (nSPS) is 20.4. The number of hydrogen-bond donors (Lipinski definition) is 1. The molecule has 0 saturated heterocycles. The summed E-state index contributed by atoms with van der Waals surface area (Å²) in [4.78, 5) is 0. The van der Waals surface area contributed by atoms with Gasteiger partial charge in [-0.05, 0) is 42.7 Å². The van der Waals surface area contributed by atoms with E-state index in [2.05, 4.69) is 31.2 Å². The van der Waals surface area contributed by atoms with Crippen LogP contribution in [0.25, 0.3) is 0 Å². The lowest BCUT2D eigenvalue weighted by atomic mass is 9.79. The van der Waals surface area contributed by atoms with Gasteiger partial charge >= 0.3 is 0 Å². The Balaban J connectivity index is 1.81. The molecule has 2 atom stereocenters. The quantitative estimate of drug-likeness (QED) is 0.751. The summed E-state index contributed by atoms with van der Waals surface area (Å²) in [5.41, 5.74) is 9.48. The molecule has 0 saturated carbocycles. The third-order valence-electron chi connectivity index (χ3n) is 4.38. The van der Waals surface area contributed by atoms with Crippen LogP contribution >= 0.6 is 0 Å². The predicted molar refractivity (Wildman–Crippen MR) is 78.7 cm³/mol. The third kappa shape index (κ3) is 3.58. The minimum atomic E-state index is 0.412. The van der Waals surface area contributed by atoms with Gasteiger partial charge in [0.25, 0.3) is 0 Å². The second-order valence-electron chi connectivity index (χ2n) is 5.78. The molecule has 18 heavy (non-hydrogen) atoms. The zero-order valence-corrected chi connectivity index (χ0v) is 11.7. The lowest BCUT2D eigenvalue weighted by molar-refractivity contribution is 0.350. The Kier molecular flexibility index (Phi) is 5.25. The van der Waals surface area contributed by atoms with Crippen LogP contribution in [0.15, 0.2) is 24.3 Å². The molecule has 100 valence electrons. The Bertz CT molecular complexity index is 358. The van der Waals surface area contributed by atoms with E-state index in [4.69, 9.17) is 5.73 Å². The molecule has 2 rings (SSSR count). The highest BCUT2D eigenvalue weighted by Gasteiger charge is 2.23. The Morgan fingerprint density at radius 1 is 1.17 bits per heavy atom. The largest absolute Gasteiger partial charge is 0.327 e. The van der Waals surface area contributed by atoms with Gasteiger partial charge in [-0.15, -0.1) is 0 Å². The fourth-order valence-electron chi connectivity index (χ4n) is 3.13. The first-order valence-electron chi connectivity index (χ1n) is 7.63. The second kappa shape index (κ2) is 6.94. The van der Waals surface area contributed by atoms with Gasteiger partial charge in [-0.1, -0.05) is 56.9 Å². The zero-order valence-electron chi connectivity index (χ0n) is 11.7. The molecule has 2 unspecified atom stereocenters. The average Bonchev–Trinajstić information content (AvgIpc) is 2.43. The number of fused-ring (bicyclic) bond motifs is 1. The molecule has 0 heterocycles. The van der Waals surface area contributed by atoms with E-state index in [0.717, 1.165) is 0 Å². The molecule has 1 heteroatoms. The Labute approximate surface area is 112 Å². The highest BCUT2D eigenvalue weighted by atomic mass is 14.6. The maximum absolute atomic E-state index is 6.39. The summed E-state index contributed by atoms with van der Waals surface area (Å²) in [6.07, 6.45) is 10.3. The van der Waals surface area contributed by atoms with Crippen LogP contribution in [-0.4, -0.2) is 6.04 Å². The van der Waals surface area contributed by atoms with Crippen molar-refractivity contribution in [2.45, 2.75) is 64.3 Å². The van der Waals surface area contributed by atoms with Crippen LogP contribution in [0.2, 0.25) is 0 Å². The van der Waals surface area contributed by atoms with E-state index in [1.165, 1.54) is 56.9 Å². The SMILES string of the molecule is CCCCCCC(N)C1CCc2ccccc2C1. The fraction of sp³-hybridized carbons (Fsp3) is 0.647. The summed E-state index contributed by atoms with van der Waals surface area (Å²) in [6.45, 7) is 2.26. The average molecular weight is 245 g/mol. The molecule has 1 nitrogen and oxygen atoms in total. The summed E-state index contributed by atoms with van der Waals surface area (Å²) >= 11 is 0. The van der Waals surface area contributed by atoms with Crippen molar-refractivity contribution >= 4 is 0 Å². The van der Waals surface area contributed by atoms with E-state index in [1.54, 1.807) is 5.56 Å². The van der Waals surface area contributed by atoms with E-state index < -0.39 is 0 Å². The van der Waals surface area contributed by atoms with Gasteiger partial charge in [0.1, 0.15) is 0 Å². The van der Waals surface area contributed by atoms with Crippen molar-refractivity contribution in [1.82, 2.24) is 0 Å². The van der Waals surface area contributed by atoms with Crippen molar-refractivity contribution in [2.24, 2.45) is 11.7 Å². The number of unbranched alkanes of at least 4 members (excludes halogenated alkanes) is 3. The second-order valence-corrected chi connectivity index (χ2v) is 5.78. The molecule has 2 N–H and O–H groups in total. The zero-order chi connectivity index (χ0) is 12.8. The molecule has 0 spiro atoms. The predicted octanol–water partition coefficient (Wildman–Crippen LogP) is 4.09. The van der Waals surface area contributed by atoms with Gasteiger partial charge < -0.3 is 5.73 Å². The molecule has 1 aliphatic rings. The smallest absolute Gasteiger partial charge is 0.00704 e. The van der Waals surface area contributed by atoms with Gasteiger partial charge in [0, 0.05) is 6.04 Å². The Morgan fingerprint density at radius 2 is 1.94 bits per heavy atom. The molecule has 0 bridgehead atoms. The molecular formula is C17H27N. The van der Waals surface area contributed by atoms with Crippen LogP contribution < -0.4 is 5.73 Å². The number of nitrogens with two attached hydrogens (primary N) is 1. The third-order valence-corrected chi connectivity index (χ3v) is 4.38. The first-order valence-corrected chi connectivity index (χ1v) is 7.63. The maximum atomic E-state index is 6.39. The van der Waals surface area contributed by atoms with Crippen LogP contribution in [0.3, 0.4) is 0 Å². The van der Waals surface area contributed by atoms with E-state index in [-0.39, 0.29) is 0 Å². The molecule has 0 radical (unpaired) electrons. The van der Waals surface area contributed by atoms with Crippen molar-refractivity contribution in [3.63, 3.8) is 0 Å². The van der Waals surface area contributed by atoms with Gasteiger partial charge in [0.15, 0.2) is 0 Å². The van der Waals surface area contributed by atoms with Crippen LogP contribution in [-0.2, 0) is 12.8 Å². The number of benzene rings is 1. The molecular weight excluding hydrogens is 218 g/mol. The number of aryl methyl sites for hydroxylation is 1. The van der Waals surface area contributed by atoms with Gasteiger partial charge in [0.05, 0.1) is 0 Å². The van der Waals surface area contributed by atoms with Crippen LogP contribution in [0.4, 0.5) is 0 Å². The molecule has 0 aliphatic heterocycles. The van der Waals surface area contributed by atoms with Crippen LogP contribution in [0.5, 0.6) is 0 Å². The highest BCUT2D eigenvalue weighted by Crippen LogP contribution is 2.28. The molecule has 0 amide bonds. The molecule has 1 aliphatic carbocycles. The van der Waals surface area contributed by atoms with E-state index in [9.17, 15) is 0 Å². The summed E-state index contributed by atoms with van der Waals surface area (Å²) in [5.74, 6) is 0.710. The minimum absolute atomic E-state index is 0.412. The molecule has 0 aromatic heterocycles. The molecule has 1 aromatic carbocycles. The minimum Gasteiger partial charge on any atom is -0.327 e. The van der Waals surface area contributed by atoms with Crippen molar-refractivity contribution < 1.29 is 0 Å². The Hall–Kier alpha value is -0.820. The maximum Gasteiger partial charge on any atom is 0.00704 e. The summed E-state index contributed by atoms with van der Waals surface area (Å²) < 4.78 is 0. The standard InChI is InChI=1S/C17H27N/c1-2-3-4-5-10-17(18)16-12-11-14-8-6-7-9-15(14)13-16/h6-9,16-17H,2-5,10-13,18H2,1H3.